The third-order valence-corrected chi connectivity index (χ3v) is 11.7. The maximum atomic E-state index is 12.4. The molecule has 1 N–H and O–H groups in total. The topological polar surface area (TPSA) is 59.9 Å². The van der Waals surface area contributed by atoms with Gasteiger partial charge in [-0.15, -0.1) is 0 Å². The van der Waals surface area contributed by atoms with E-state index in [1.54, 1.807) is 0 Å². The van der Waals surface area contributed by atoms with E-state index in [1.807, 2.05) is 48.7 Å². The summed E-state index contributed by atoms with van der Waals surface area (Å²) in [6.45, 7) is 13.7. The highest BCUT2D eigenvalue weighted by Gasteiger charge is 2.50. The number of alkyl carbamates (subject to hydrolysis) is 1. The summed E-state index contributed by atoms with van der Waals surface area (Å²) in [5, 5.41) is 5.35. The Labute approximate surface area is 229 Å². The van der Waals surface area contributed by atoms with Crippen LogP contribution in [-0.2, 0) is 15.8 Å². The van der Waals surface area contributed by atoms with E-state index in [-0.39, 0.29) is 29.6 Å². The molecule has 3 rings (SSSR count). The summed E-state index contributed by atoms with van der Waals surface area (Å²) in [6.07, 6.45) is 1.38. The van der Waals surface area contributed by atoms with Gasteiger partial charge in [-0.2, -0.15) is 0 Å². The summed E-state index contributed by atoms with van der Waals surface area (Å²) in [5.74, 6) is 0.160. The van der Waals surface area contributed by atoms with Crippen molar-refractivity contribution in [3.63, 3.8) is 0 Å². The molecule has 202 valence electrons. The van der Waals surface area contributed by atoms with Crippen molar-refractivity contribution in [2.24, 2.45) is 10.9 Å². The Kier molecular flexibility index (Phi) is 10.4. The minimum absolute atomic E-state index is 0.0833. The fraction of sp³-hybridized carbons (Fsp3) is 0.375. The van der Waals surface area contributed by atoms with E-state index < -0.39 is 14.4 Å². The Morgan fingerprint density at radius 1 is 0.868 bits per heavy atom. The molecule has 0 radical (unpaired) electrons. The number of rotatable bonds is 11. The van der Waals surface area contributed by atoms with Crippen molar-refractivity contribution in [3.05, 3.63) is 96.6 Å². The lowest BCUT2D eigenvalue weighted by Crippen LogP contribution is -2.67. The molecule has 0 unspecified atom stereocenters. The number of hydrogen-bond acceptors (Lipinski definition) is 4. The van der Waals surface area contributed by atoms with E-state index in [0.717, 1.165) is 5.56 Å². The van der Waals surface area contributed by atoms with E-state index in [2.05, 4.69) is 95.4 Å². The second-order valence-electron chi connectivity index (χ2n) is 11.1. The fourth-order valence-electron chi connectivity index (χ4n) is 4.57. The van der Waals surface area contributed by atoms with Gasteiger partial charge in [-0.1, -0.05) is 126 Å². The van der Waals surface area contributed by atoms with E-state index in [9.17, 15) is 4.79 Å². The Morgan fingerprint density at radius 2 is 1.37 bits per heavy atom. The highest BCUT2D eigenvalue weighted by Crippen LogP contribution is 2.36. The van der Waals surface area contributed by atoms with Gasteiger partial charge in [0.15, 0.2) is 0 Å². The van der Waals surface area contributed by atoms with Gasteiger partial charge in [-0.25, -0.2) is 4.79 Å². The number of hydrogen-bond donors (Lipinski definition) is 1. The molecule has 0 aliphatic carbocycles. The van der Waals surface area contributed by atoms with Crippen LogP contribution in [-0.4, -0.2) is 39.3 Å². The zero-order valence-electron chi connectivity index (χ0n) is 23.6. The minimum atomic E-state index is -2.62. The van der Waals surface area contributed by atoms with Crippen LogP contribution in [0, 0.1) is 5.92 Å². The van der Waals surface area contributed by atoms with Crippen LogP contribution in [0.15, 0.2) is 96.0 Å². The third kappa shape index (κ3) is 7.65. The van der Waals surface area contributed by atoms with Crippen LogP contribution >= 0.6 is 0 Å². The summed E-state index contributed by atoms with van der Waals surface area (Å²) < 4.78 is 12.4. The molecule has 0 fully saturated rings. The lowest BCUT2D eigenvalue weighted by Gasteiger charge is -2.43. The first-order chi connectivity index (χ1) is 18.1. The number of ether oxygens (including phenoxy) is 1. The molecule has 6 heteroatoms. The zero-order valence-corrected chi connectivity index (χ0v) is 24.6. The highest BCUT2D eigenvalue weighted by molar-refractivity contribution is 6.99. The van der Waals surface area contributed by atoms with Gasteiger partial charge in [0.1, 0.15) is 6.61 Å². The lowest BCUT2D eigenvalue weighted by molar-refractivity contribution is 0.136. The van der Waals surface area contributed by atoms with E-state index in [1.165, 1.54) is 10.4 Å². The van der Waals surface area contributed by atoms with Crippen molar-refractivity contribution in [1.29, 1.82) is 0 Å². The van der Waals surface area contributed by atoms with Crippen LogP contribution in [0.25, 0.3) is 0 Å². The first kappa shape index (κ1) is 29.3. The van der Waals surface area contributed by atoms with Crippen LogP contribution in [0.5, 0.6) is 0 Å². The average Bonchev–Trinajstić information content (AvgIpc) is 2.91. The molecular formula is C32H42N2O3Si. The molecule has 2 atom stereocenters. The average molecular weight is 531 g/mol. The minimum Gasteiger partial charge on any atom is -0.445 e. The predicted molar refractivity (Wildman–Crippen MR) is 160 cm³/mol. The Balaban J connectivity index is 1.72. The molecule has 3 aromatic carbocycles. The number of amides is 1. The van der Waals surface area contributed by atoms with Crippen molar-refractivity contribution in [1.82, 2.24) is 5.32 Å². The van der Waals surface area contributed by atoms with Gasteiger partial charge in [0.25, 0.3) is 8.32 Å². The number of nitrogens with zero attached hydrogens (tertiary/aromatic N) is 1. The van der Waals surface area contributed by atoms with Crippen LogP contribution < -0.4 is 15.7 Å². The normalized spacial score (nSPS) is 13.9. The number of carbonyl (C=O) groups is 1. The van der Waals surface area contributed by atoms with Crippen molar-refractivity contribution in [2.45, 2.75) is 65.3 Å². The molecule has 5 nitrogen and oxygen atoms in total. The van der Waals surface area contributed by atoms with Gasteiger partial charge in [-0.05, 0) is 33.8 Å². The molecule has 0 saturated carbocycles. The van der Waals surface area contributed by atoms with Crippen LogP contribution in [0.3, 0.4) is 0 Å². The number of nitrogens with one attached hydrogen (secondary N) is 1. The number of benzene rings is 3. The van der Waals surface area contributed by atoms with Crippen molar-refractivity contribution >= 4 is 31.0 Å². The number of carbonyl (C=O) groups excluding carboxylic acids is 1. The van der Waals surface area contributed by atoms with Gasteiger partial charge in [-0.3, -0.25) is 4.99 Å². The van der Waals surface area contributed by atoms with E-state index >= 15 is 0 Å². The molecule has 0 saturated heterocycles. The lowest BCUT2D eigenvalue weighted by atomic mass is 10.1. The van der Waals surface area contributed by atoms with Crippen molar-refractivity contribution < 1.29 is 14.0 Å². The van der Waals surface area contributed by atoms with Crippen LogP contribution in [0.4, 0.5) is 4.79 Å². The Morgan fingerprint density at radius 3 is 1.84 bits per heavy atom. The van der Waals surface area contributed by atoms with Gasteiger partial charge < -0.3 is 14.5 Å². The van der Waals surface area contributed by atoms with E-state index in [4.69, 9.17) is 14.2 Å². The molecule has 0 aliphatic rings. The molecule has 0 aromatic heterocycles. The Bertz CT molecular complexity index is 1110. The molecule has 0 heterocycles. The highest BCUT2D eigenvalue weighted by atomic mass is 28.4. The summed E-state index contributed by atoms with van der Waals surface area (Å²) in [4.78, 5) is 17.2. The van der Waals surface area contributed by atoms with Crippen LogP contribution in [0.2, 0.25) is 5.04 Å². The number of aliphatic imine (C=N–C) groups is 1. The first-order valence-electron chi connectivity index (χ1n) is 13.4. The molecular weight excluding hydrogens is 488 g/mol. The van der Waals surface area contributed by atoms with Gasteiger partial charge in [0.2, 0.25) is 0 Å². The van der Waals surface area contributed by atoms with Crippen molar-refractivity contribution in [2.75, 3.05) is 6.61 Å². The molecule has 3 aromatic rings. The van der Waals surface area contributed by atoms with E-state index in [0.29, 0.717) is 6.61 Å². The first-order valence-corrected chi connectivity index (χ1v) is 15.3. The summed E-state index contributed by atoms with van der Waals surface area (Å²) >= 11 is 0. The smallest absolute Gasteiger partial charge is 0.407 e. The summed E-state index contributed by atoms with van der Waals surface area (Å²) in [5.41, 5.74) is 0.950. The Hall–Kier alpha value is -3.22. The predicted octanol–water partition coefficient (Wildman–Crippen LogP) is 5.97. The van der Waals surface area contributed by atoms with Gasteiger partial charge >= 0.3 is 6.09 Å². The fourth-order valence-corrected chi connectivity index (χ4v) is 9.21. The summed E-state index contributed by atoms with van der Waals surface area (Å²) in [6, 6.07) is 30.6. The molecule has 0 aliphatic heterocycles. The molecule has 38 heavy (non-hydrogen) atoms. The molecule has 1 amide bonds. The van der Waals surface area contributed by atoms with Crippen LogP contribution in [0.1, 0.15) is 47.1 Å². The molecule has 0 spiro atoms. The molecule has 0 bridgehead atoms. The maximum Gasteiger partial charge on any atom is 0.407 e. The quantitative estimate of drug-likeness (QED) is 0.245. The SMILES string of the molecule is CC(C)[C@@H](C=N[C@@H](C)CO[Si](c1ccccc1)(c1ccccc1)C(C)(C)C)NC(=O)OCc1ccccc1. The second kappa shape index (κ2) is 13.5. The maximum absolute atomic E-state index is 12.4. The second-order valence-corrected chi connectivity index (χ2v) is 15.4. The van der Waals surface area contributed by atoms with Gasteiger partial charge in [0, 0.05) is 6.21 Å². The standard InChI is InChI=1S/C32H42N2O3Si/c1-25(2)30(34-31(35)36-24-27-16-10-7-11-17-27)22-33-26(3)23-37-38(32(4,5)6,28-18-12-8-13-19-28)29-20-14-9-15-21-29/h7-22,25-26,30H,23-24H2,1-6H3,(H,34,35)/t26-,30+/m0/s1. The van der Waals surface area contributed by atoms with Crippen molar-refractivity contribution in [3.8, 4) is 0 Å². The summed E-state index contributed by atoms with van der Waals surface area (Å²) in [7, 11) is -2.62. The largest absolute Gasteiger partial charge is 0.445 e. The third-order valence-electron chi connectivity index (χ3n) is 6.67. The monoisotopic (exact) mass is 530 g/mol. The zero-order chi connectivity index (χ0) is 27.6. The van der Waals surface area contributed by atoms with Gasteiger partial charge in [0.05, 0.1) is 18.7 Å².